The molecule has 0 bridgehead atoms. The molecule has 0 radical (unpaired) electrons. The van der Waals surface area contributed by atoms with E-state index in [1.54, 1.807) is 31.2 Å². The Hall–Kier alpha value is -1.66. The summed E-state index contributed by atoms with van der Waals surface area (Å²) in [5, 5.41) is 0.561. The molecule has 1 heterocycles. The van der Waals surface area contributed by atoms with Crippen molar-refractivity contribution >= 4 is 27.4 Å². The zero-order valence-corrected chi connectivity index (χ0v) is 11.7. The number of nitrogen functional groups attached to an aromatic ring is 1. The van der Waals surface area contributed by atoms with Crippen LogP contribution >= 0.6 is 11.6 Å². The quantitative estimate of drug-likeness (QED) is 0.938. The van der Waals surface area contributed by atoms with Gasteiger partial charge in [-0.1, -0.05) is 30.7 Å². The average molecular weight is 298 g/mol. The summed E-state index contributed by atoms with van der Waals surface area (Å²) in [6.45, 7) is 1.57. The third-order valence-corrected chi connectivity index (χ3v) is 4.59. The zero-order valence-electron chi connectivity index (χ0n) is 10.2. The summed E-state index contributed by atoms with van der Waals surface area (Å²) in [4.78, 5) is 7.87. The third-order valence-electron chi connectivity index (χ3n) is 2.61. The van der Waals surface area contributed by atoms with E-state index in [4.69, 9.17) is 17.3 Å². The average Bonchev–Trinajstić information content (AvgIpc) is 2.39. The minimum Gasteiger partial charge on any atom is -0.368 e. The number of anilines is 1. The summed E-state index contributed by atoms with van der Waals surface area (Å²) in [5.74, 6) is 0.000864. The second-order valence-electron chi connectivity index (χ2n) is 3.85. The molecule has 0 unspecified atom stereocenters. The summed E-state index contributed by atoms with van der Waals surface area (Å²) in [7, 11) is -3.42. The van der Waals surface area contributed by atoms with Crippen LogP contribution in [0.3, 0.4) is 0 Å². The first-order chi connectivity index (χ1) is 8.94. The monoisotopic (exact) mass is 297 g/mol. The Morgan fingerprint density at radius 1 is 1.26 bits per heavy atom. The fourth-order valence-electron chi connectivity index (χ4n) is 1.58. The Labute approximate surface area is 116 Å². The molecule has 0 atom stereocenters. The second-order valence-corrected chi connectivity index (χ2v) is 6.53. The van der Waals surface area contributed by atoms with Gasteiger partial charge in [0.15, 0.2) is 9.84 Å². The van der Waals surface area contributed by atoms with E-state index in [-0.39, 0.29) is 16.6 Å². The molecule has 0 amide bonds. The molecule has 0 spiro atoms. The molecule has 2 aromatic rings. The first-order valence-corrected chi connectivity index (χ1v) is 7.58. The number of rotatable bonds is 3. The van der Waals surface area contributed by atoms with Crippen molar-refractivity contribution in [2.24, 2.45) is 0 Å². The zero-order chi connectivity index (χ0) is 14.0. The summed E-state index contributed by atoms with van der Waals surface area (Å²) in [6.07, 6.45) is 1.24. The molecule has 1 aromatic heterocycles. The molecule has 7 heteroatoms. The van der Waals surface area contributed by atoms with E-state index < -0.39 is 9.84 Å². The van der Waals surface area contributed by atoms with E-state index in [9.17, 15) is 8.42 Å². The van der Waals surface area contributed by atoms with Gasteiger partial charge in [0.1, 0.15) is 4.90 Å². The first-order valence-electron chi connectivity index (χ1n) is 5.55. The number of nitrogens with two attached hydrogens (primary N) is 1. The van der Waals surface area contributed by atoms with E-state index in [1.165, 1.54) is 6.20 Å². The molecule has 2 N–H and O–H groups in total. The Bertz CT molecular complexity index is 699. The van der Waals surface area contributed by atoms with Gasteiger partial charge in [-0.15, -0.1) is 0 Å². The SMILES string of the molecule is CCS(=O)(=O)c1cnc(N)nc1-c1ccc(Cl)cc1. The number of halogens is 1. The van der Waals surface area contributed by atoms with E-state index in [2.05, 4.69) is 9.97 Å². The number of hydrogen-bond acceptors (Lipinski definition) is 5. The molecule has 100 valence electrons. The van der Waals surface area contributed by atoms with Crippen LogP contribution in [0.25, 0.3) is 11.3 Å². The van der Waals surface area contributed by atoms with Crippen LogP contribution in [-0.4, -0.2) is 24.1 Å². The molecular formula is C12H12ClN3O2S. The molecule has 0 aliphatic heterocycles. The Balaban J connectivity index is 2.68. The van der Waals surface area contributed by atoms with Crippen LogP contribution in [0.1, 0.15) is 6.92 Å². The number of sulfone groups is 1. The highest BCUT2D eigenvalue weighted by atomic mass is 35.5. The van der Waals surface area contributed by atoms with Crippen LogP contribution in [-0.2, 0) is 9.84 Å². The van der Waals surface area contributed by atoms with Crippen LogP contribution in [0, 0.1) is 0 Å². The molecule has 19 heavy (non-hydrogen) atoms. The van der Waals surface area contributed by atoms with Gasteiger partial charge < -0.3 is 5.73 Å². The Kier molecular flexibility index (Phi) is 3.73. The van der Waals surface area contributed by atoms with Crippen LogP contribution in [0.2, 0.25) is 5.02 Å². The lowest BCUT2D eigenvalue weighted by molar-refractivity contribution is 0.597. The number of benzene rings is 1. The smallest absolute Gasteiger partial charge is 0.220 e. The lowest BCUT2D eigenvalue weighted by atomic mass is 10.1. The molecule has 1 aromatic carbocycles. The van der Waals surface area contributed by atoms with E-state index in [0.29, 0.717) is 16.3 Å². The second kappa shape index (κ2) is 5.14. The van der Waals surface area contributed by atoms with Gasteiger partial charge in [0.05, 0.1) is 17.6 Å². The lowest BCUT2D eigenvalue weighted by Gasteiger charge is -2.08. The number of hydrogen-bond donors (Lipinski definition) is 1. The van der Waals surface area contributed by atoms with Gasteiger partial charge in [-0.2, -0.15) is 0 Å². The van der Waals surface area contributed by atoms with Gasteiger partial charge >= 0.3 is 0 Å². The topological polar surface area (TPSA) is 85.9 Å². The summed E-state index contributed by atoms with van der Waals surface area (Å²) in [5.41, 5.74) is 6.46. The molecular weight excluding hydrogens is 286 g/mol. The standard InChI is InChI=1S/C12H12ClN3O2S/c1-2-19(17,18)10-7-15-12(14)16-11(10)8-3-5-9(13)6-4-8/h3-7H,2H2,1H3,(H2,14,15,16). The van der Waals surface area contributed by atoms with Gasteiger partial charge in [-0.3, -0.25) is 0 Å². The summed E-state index contributed by atoms with van der Waals surface area (Å²) >= 11 is 5.81. The number of nitrogens with zero attached hydrogens (tertiary/aromatic N) is 2. The minimum absolute atomic E-state index is 0.0269. The van der Waals surface area contributed by atoms with Crippen molar-refractivity contribution in [3.05, 3.63) is 35.5 Å². The third kappa shape index (κ3) is 2.85. The van der Waals surface area contributed by atoms with Crippen molar-refractivity contribution in [2.75, 3.05) is 11.5 Å². The predicted octanol–water partition coefficient (Wildman–Crippen LogP) is 2.17. The largest absolute Gasteiger partial charge is 0.368 e. The van der Waals surface area contributed by atoms with Crippen LogP contribution in [0.4, 0.5) is 5.95 Å². The summed E-state index contributed by atoms with van der Waals surface area (Å²) < 4.78 is 24.1. The molecule has 0 aliphatic carbocycles. The highest BCUT2D eigenvalue weighted by Gasteiger charge is 2.20. The molecule has 5 nitrogen and oxygen atoms in total. The van der Waals surface area contributed by atoms with Crippen molar-refractivity contribution in [1.29, 1.82) is 0 Å². The van der Waals surface area contributed by atoms with Crippen LogP contribution < -0.4 is 5.73 Å². The fraction of sp³-hybridized carbons (Fsp3) is 0.167. The van der Waals surface area contributed by atoms with Crippen molar-refractivity contribution in [3.8, 4) is 11.3 Å². The molecule has 0 saturated carbocycles. The van der Waals surface area contributed by atoms with Crippen LogP contribution in [0.5, 0.6) is 0 Å². The normalized spacial score (nSPS) is 11.5. The summed E-state index contributed by atoms with van der Waals surface area (Å²) in [6, 6.07) is 6.71. The highest BCUT2D eigenvalue weighted by Crippen LogP contribution is 2.27. The van der Waals surface area contributed by atoms with Gasteiger partial charge in [0, 0.05) is 10.6 Å². The van der Waals surface area contributed by atoms with Crippen molar-refractivity contribution in [1.82, 2.24) is 9.97 Å². The van der Waals surface area contributed by atoms with E-state index in [1.807, 2.05) is 0 Å². The maximum atomic E-state index is 12.0. The fourth-order valence-corrected chi connectivity index (χ4v) is 2.69. The highest BCUT2D eigenvalue weighted by molar-refractivity contribution is 7.91. The van der Waals surface area contributed by atoms with E-state index >= 15 is 0 Å². The van der Waals surface area contributed by atoms with Crippen molar-refractivity contribution < 1.29 is 8.42 Å². The van der Waals surface area contributed by atoms with Gasteiger partial charge in [0.25, 0.3) is 0 Å². The number of aromatic nitrogens is 2. The lowest BCUT2D eigenvalue weighted by Crippen LogP contribution is -2.09. The van der Waals surface area contributed by atoms with Crippen molar-refractivity contribution in [2.45, 2.75) is 11.8 Å². The maximum Gasteiger partial charge on any atom is 0.220 e. The Morgan fingerprint density at radius 2 is 1.89 bits per heavy atom. The Morgan fingerprint density at radius 3 is 2.47 bits per heavy atom. The van der Waals surface area contributed by atoms with Crippen molar-refractivity contribution in [3.63, 3.8) is 0 Å². The molecule has 0 saturated heterocycles. The first kappa shape index (κ1) is 13.8. The van der Waals surface area contributed by atoms with Gasteiger partial charge in [0.2, 0.25) is 5.95 Å². The maximum absolute atomic E-state index is 12.0. The predicted molar refractivity (Wildman–Crippen MR) is 74.6 cm³/mol. The molecule has 2 rings (SSSR count). The van der Waals surface area contributed by atoms with Gasteiger partial charge in [-0.25, -0.2) is 18.4 Å². The minimum atomic E-state index is -3.42. The molecule has 0 fully saturated rings. The van der Waals surface area contributed by atoms with E-state index in [0.717, 1.165) is 0 Å². The van der Waals surface area contributed by atoms with Gasteiger partial charge in [-0.05, 0) is 12.1 Å². The molecule has 0 aliphatic rings. The van der Waals surface area contributed by atoms with Crippen LogP contribution in [0.15, 0.2) is 35.4 Å².